The molecule has 1 aliphatic heterocycles. The van der Waals surface area contributed by atoms with Gasteiger partial charge >= 0.3 is 6.09 Å². The lowest BCUT2D eigenvalue weighted by atomic mass is 9.93. The minimum atomic E-state index is -0.910. The lowest BCUT2D eigenvalue weighted by Crippen LogP contribution is -2.44. The maximum absolute atomic E-state index is 11.2. The summed E-state index contributed by atoms with van der Waals surface area (Å²) in [5.41, 5.74) is 0.651. The highest BCUT2D eigenvalue weighted by Crippen LogP contribution is 2.30. The van der Waals surface area contributed by atoms with Crippen molar-refractivity contribution in [2.45, 2.75) is 31.7 Å². The van der Waals surface area contributed by atoms with Gasteiger partial charge in [-0.15, -0.1) is 0 Å². The van der Waals surface area contributed by atoms with Gasteiger partial charge in [-0.05, 0) is 25.8 Å². The number of aromatic amines is 1. The smallest absolute Gasteiger partial charge is 0.407 e. The van der Waals surface area contributed by atoms with Crippen LogP contribution >= 0.6 is 11.6 Å². The Kier molecular flexibility index (Phi) is 3.59. The maximum atomic E-state index is 11.2. The average molecular weight is 311 g/mol. The van der Waals surface area contributed by atoms with Gasteiger partial charge in [0.1, 0.15) is 5.69 Å². The van der Waals surface area contributed by atoms with Crippen molar-refractivity contribution in [1.29, 1.82) is 0 Å². The van der Waals surface area contributed by atoms with Crippen LogP contribution in [0.3, 0.4) is 0 Å². The fourth-order valence-corrected chi connectivity index (χ4v) is 2.75. The summed E-state index contributed by atoms with van der Waals surface area (Å²) in [6, 6.07) is 1.72. The minimum Gasteiger partial charge on any atom is -0.465 e. The van der Waals surface area contributed by atoms with Crippen molar-refractivity contribution in [2.75, 3.05) is 6.54 Å². The molecule has 1 amide bonds. The number of H-pyrrole nitrogens is 1. The first-order valence-corrected chi connectivity index (χ1v) is 7.10. The SMILES string of the molecule is C[C@@H]1CC[C@H](c2noc(-c3cc(Cl)c[nH]3)n2)CN1C(=O)O. The quantitative estimate of drug-likeness (QED) is 0.889. The van der Waals surface area contributed by atoms with Gasteiger partial charge in [0.15, 0.2) is 5.82 Å². The molecule has 0 aliphatic carbocycles. The first-order valence-electron chi connectivity index (χ1n) is 6.72. The Morgan fingerprint density at radius 2 is 2.38 bits per heavy atom. The Bertz CT molecular complexity index is 653. The van der Waals surface area contributed by atoms with Crippen molar-refractivity contribution in [3.63, 3.8) is 0 Å². The third-order valence-electron chi connectivity index (χ3n) is 3.81. The molecule has 2 N–H and O–H groups in total. The van der Waals surface area contributed by atoms with Crippen molar-refractivity contribution in [1.82, 2.24) is 20.0 Å². The Labute approximate surface area is 125 Å². The van der Waals surface area contributed by atoms with E-state index in [-0.39, 0.29) is 12.0 Å². The van der Waals surface area contributed by atoms with Gasteiger partial charge in [-0.2, -0.15) is 4.98 Å². The highest BCUT2D eigenvalue weighted by atomic mass is 35.5. The molecule has 0 bridgehead atoms. The average Bonchev–Trinajstić information content (AvgIpc) is 3.07. The molecule has 2 aromatic heterocycles. The van der Waals surface area contributed by atoms with Crippen LogP contribution < -0.4 is 0 Å². The molecular formula is C13H15ClN4O3. The van der Waals surface area contributed by atoms with Crippen LogP contribution in [-0.4, -0.2) is 43.8 Å². The summed E-state index contributed by atoms with van der Waals surface area (Å²) < 4.78 is 5.22. The second-order valence-corrected chi connectivity index (χ2v) is 5.68. The van der Waals surface area contributed by atoms with Crippen LogP contribution in [0.5, 0.6) is 0 Å². The van der Waals surface area contributed by atoms with E-state index in [1.807, 2.05) is 6.92 Å². The van der Waals surface area contributed by atoms with Crippen LogP contribution in [0.15, 0.2) is 16.8 Å². The number of rotatable bonds is 2. The predicted octanol–water partition coefficient (Wildman–Crippen LogP) is 2.96. The number of halogens is 1. The molecule has 0 aromatic carbocycles. The normalized spacial score (nSPS) is 22.5. The van der Waals surface area contributed by atoms with E-state index in [1.165, 1.54) is 4.90 Å². The van der Waals surface area contributed by atoms with Crippen LogP contribution in [0.2, 0.25) is 5.02 Å². The van der Waals surface area contributed by atoms with Gasteiger partial charge in [0.05, 0.1) is 5.02 Å². The van der Waals surface area contributed by atoms with Crippen LogP contribution in [-0.2, 0) is 0 Å². The van der Waals surface area contributed by atoms with E-state index in [2.05, 4.69) is 15.1 Å². The fourth-order valence-electron chi connectivity index (χ4n) is 2.59. The van der Waals surface area contributed by atoms with Gasteiger partial charge in [-0.3, -0.25) is 0 Å². The van der Waals surface area contributed by atoms with Gasteiger partial charge < -0.3 is 19.5 Å². The third-order valence-corrected chi connectivity index (χ3v) is 4.03. The number of hydrogen-bond acceptors (Lipinski definition) is 4. The Morgan fingerprint density at radius 3 is 3.05 bits per heavy atom. The van der Waals surface area contributed by atoms with Gasteiger partial charge in [0.2, 0.25) is 0 Å². The lowest BCUT2D eigenvalue weighted by Gasteiger charge is -2.34. The van der Waals surface area contributed by atoms with Crippen LogP contribution in [0, 0.1) is 0 Å². The highest BCUT2D eigenvalue weighted by Gasteiger charge is 2.32. The molecule has 1 aliphatic rings. The fraction of sp³-hybridized carbons (Fsp3) is 0.462. The monoisotopic (exact) mass is 310 g/mol. The van der Waals surface area contributed by atoms with E-state index in [0.29, 0.717) is 29.0 Å². The van der Waals surface area contributed by atoms with E-state index in [9.17, 15) is 9.90 Å². The van der Waals surface area contributed by atoms with Crippen LogP contribution in [0.4, 0.5) is 4.79 Å². The van der Waals surface area contributed by atoms with E-state index in [0.717, 1.165) is 12.8 Å². The molecule has 0 spiro atoms. The van der Waals surface area contributed by atoms with Crippen molar-refractivity contribution < 1.29 is 14.4 Å². The van der Waals surface area contributed by atoms with E-state index in [1.54, 1.807) is 12.3 Å². The van der Waals surface area contributed by atoms with Gasteiger partial charge in [-0.1, -0.05) is 16.8 Å². The van der Waals surface area contributed by atoms with Gasteiger partial charge in [-0.25, -0.2) is 4.79 Å². The lowest BCUT2D eigenvalue weighted by molar-refractivity contribution is 0.104. The zero-order valence-electron chi connectivity index (χ0n) is 11.4. The van der Waals surface area contributed by atoms with E-state index in [4.69, 9.17) is 16.1 Å². The summed E-state index contributed by atoms with van der Waals surface area (Å²) in [7, 11) is 0. The van der Waals surface area contributed by atoms with E-state index < -0.39 is 6.09 Å². The summed E-state index contributed by atoms with van der Waals surface area (Å²) in [4.78, 5) is 19.9. The second-order valence-electron chi connectivity index (χ2n) is 5.25. The molecule has 0 saturated carbocycles. The highest BCUT2D eigenvalue weighted by molar-refractivity contribution is 6.30. The molecule has 1 saturated heterocycles. The first kappa shape index (κ1) is 13.9. The van der Waals surface area contributed by atoms with Crippen LogP contribution in [0.25, 0.3) is 11.6 Å². The zero-order valence-corrected chi connectivity index (χ0v) is 12.2. The number of likely N-dealkylation sites (tertiary alicyclic amines) is 1. The number of nitrogens with one attached hydrogen (secondary N) is 1. The minimum absolute atomic E-state index is 0.0207. The molecule has 7 nitrogen and oxygen atoms in total. The molecule has 0 unspecified atom stereocenters. The summed E-state index contributed by atoms with van der Waals surface area (Å²) >= 11 is 5.84. The Balaban J connectivity index is 1.78. The van der Waals surface area contributed by atoms with Crippen molar-refractivity contribution in [3.05, 3.63) is 23.1 Å². The summed E-state index contributed by atoms with van der Waals surface area (Å²) in [5, 5.41) is 13.7. The molecule has 2 atom stereocenters. The first-order chi connectivity index (χ1) is 10.0. The molecule has 3 rings (SSSR count). The number of amides is 1. The molecule has 3 heterocycles. The molecule has 21 heavy (non-hydrogen) atoms. The summed E-state index contributed by atoms with van der Waals surface area (Å²) in [6.07, 6.45) is 2.35. The molecule has 1 fully saturated rings. The number of aromatic nitrogens is 3. The third kappa shape index (κ3) is 2.73. The van der Waals surface area contributed by atoms with Crippen LogP contribution in [0.1, 0.15) is 31.5 Å². The number of carbonyl (C=O) groups is 1. The maximum Gasteiger partial charge on any atom is 0.407 e. The van der Waals surface area contributed by atoms with Gasteiger partial charge in [0, 0.05) is 24.7 Å². The number of piperidine rings is 1. The largest absolute Gasteiger partial charge is 0.465 e. The number of carboxylic acid groups (broad SMARTS) is 1. The van der Waals surface area contributed by atoms with E-state index >= 15 is 0 Å². The van der Waals surface area contributed by atoms with Gasteiger partial charge in [0.25, 0.3) is 5.89 Å². The predicted molar refractivity (Wildman–Crippen MR) is 75.3 cm³/mol. The molecular weight excluding hydrogens is 296 g/mol. The number of hydrogen-bond donors (Lipinski definition) is 2. The Hall–Kier alpha value is -2.02. The Morgan fingerprint density at radius 1 is 1.57 bits per heavy atom. The molecule has 2 aromatic rings. The van der Waals surface area contributed by atoms with Crippen molar-refractivity contribution in [2.24, 2.45) is 0 Å². The standard InChI is InChI=1S/C13H15ClN4O3/c1-7-2-3-8(6-18(7)13(19)20)11-16-12(21-17-11)10-4-9(14)5-15-10/h4-5,7-8,15H,2-3,6H2,1H3,(H,19,20)/t7-,8+/m1/s1. The van der Waals surface area contributed by atoms with Crippen molar-refractivity contribution >= 4 is 17.7 Å². The number of nitrogens with zero attached hydrogens (tertiary/aromatic N) is 3. The summed E-state index contributed by atoms with van der Waals surface area (Å²) in [6.45, 7) is 2.30. The summed E-state index contributed by atoms with van der Waals surface area (Å²) in [5.74, 6) is 0.853. The molecule has 0 radical (unpaired) electrons. The zero-order chi connectivity index (χ0) is 15.0. The van der Waals surface area contributed by atoms with Crippen molar-refractivity contribution in [3.8, 4) is 11.6 Å². The topological polar surface area (TPSA) is 95.3 Å². The second kappa shape index (κ2) is 5.40. The molecule has 8 heteroatoms. The molecule has 112 valence electrons.